The molecule has 0 aromatic carbocycles. The maximum Gasteiger partial charge on any atom is 0.250 e. The third-order valence-electron chi connectivity index (χ3n) is 13.1. The molecule has 0 aromatic heterocycles. The third-order valence-corrected chi connectivity index (χ3v) is 13.1. The maximum atomic E-state index is 13.2. The van der Waals surface area contributed by atoms with Crippen LogP contribution >= 0.6 is 0 Å². The molecular formula is C30H49NO4. The van der Waals surface area contributed by atoms with Gasteiger partial charge >= 0.3 is 0 Å². The first-order valence-electron chi connectivity index (χ1n) is 14.1. The zero-order chi connectivity index (χ0) is 25.8. The third kappa shape index (κ3) is 3.13. The van der Waals surface area contributed by atoms with Crippen LogP contribution in [0.25, 0.3) is 0 Å². The fraction of sp³-hybridized carbons (Fsp3) is 0.900. The van der Waals surface area contributed by atoms with Crippen molar-refractivity contribution in [2.24, 2.45) is 50.2 Å². The molecule has 0 radical (unpaired) electrons. The summed E-state index contributed by atoms with van der Waals surface area (Å²) in [7, 11) is 0. The molecule has 9 atom stereocenters. The Hall–Kier alpha value is -0.910. The van der Waals surface area contributed by atoms with Crippen molar-refractivity contribution in [3.05, 3.63) is 11.6 Å². The topological polar surface area (TPSA) is 89.8 Å². The van der Waals surface area contributed by atoms with Gasteiger partial charge in [-0.15, -0.1) is 0 Å². The second-order valence-corrected chi connectivity index (χ2v) is 15.4. The number of aliphatic hydroxyl groups is 2. The molecule has 198 valence electrons. The van der Waals surface area contributed by atoms with Crippen LogP contribution < -0.4 is 5.48 Å². The van der Waals surface area contributed by atoms with E-state index in [1.807, 2.05) is 0 Å². The number of rotatable bonds is 1. The van der Waals surface area contributed by atoms with Crippen LogP contribution in [0.3, 0.4) is 0 Å². The van der Waals surface area contributed by atoms with Gasteiger partial charge in [0.15, 0.2) is 0 Å². The molecule has 1 amide bonds. The summed E-state index contributed by atoms with van der Waals surface area (Å²) in [6, 6.07) is 0. The van der Waals surface area contributed by atoms with E-state index in [1.54, 1.807) is 0 Å². The molecule has 5 nitrogen and oxygen atoms in total. The zero-order valence-electron chi connectivity index (χ0n) is 23.1. The minimum absolute atomic E-state index is 0.00756. The van der Waals surface area contributed by atoms with Crippen LogP contribution in [0.2, 0.25) is 0 Å². The summed E-state index contributed by atoms with van der Waals surface area (Å²) in [5.41, 5.74) is 2.92. The van der Waals surface area contributed by atoms with Crippen LogP contribution in [-0.2, 0) is 4.79 Å². The van der Waals surface area contributed by atoms with Crippen molar-refractivity contribution in [3.63, 3.8) is 0 Å². The SMILES string of the molecule is CC1(C)CC[C@]2(C(=O)NO)CC[C@]3(C)C(=CC[C@@H]4[C@@]5(C)C[C@@H](O)[C@H](O)C(C)(C)[C@@H]5CC[C@]43C)[C@@H]2C1. The van der Waals surface area contributed by atoms with Crippen molar-refractivity contribution < 1.29 is 20.2 Å². The lowest BCUT2D eigenvalue weighted by molar-refractivity contribution is -0.231. The minimum atomic E-state index is -0.682. The largest absolute Gasteiger partial charge is 0.390 e. The fourth-order valence-corrected chi connectivity index (χ4v) is 10.9. The van der Waals surface area contributed by atoms with E-state index in [1.165, 1.54) is 5.57 Å². The number of fused-ring (bicyclic) bond motifs is 7. The highest BCUT2D eigenvalue weighted by Gasteiger charge is 2.69. The van der Waals surface area contributed by atoms with Crippen molar-refractivity contribution in [1.29, 1.82) is 0 Å². The highest BCUT2D eigenvalue weighted by Crippen LogP contribution is 2.75. The van der Waals surface area contributed by atoms with Gasteiger partial charge in [0.05, 0.1) is 17.6 Å². The summed E-state index contributed by atoms with van der Waals surface area (Å²) in [5, 5.41) is 31.7. The van der Waals surface area contributed by atoms with E-state index in [-0.39, 0.29) is 38.9 Å². The van der Waals surface area contributed by atoms with E-state index in [9.17, 15) is 20.2 Å². The van der Waals surface area contributed by atoms with Gasteiger partial charge in [-0.1, -0.05) is 60.1 Å². The number of aliphatic hydroxyl groups excluding tert-OH is 2. The van der Waals surface area contributed by atoms with Crippen LogP contribution in [-0.4, -0.2) is 33.5 Å². The van der Waals surface area contributed by atoms with E-state index in [4.69, 9.17) is 0 Å². The molecule has 5 rings (SSSR count). The van der Waals surface area contributed by atoms with Gasteiger partial charge in [-0.25, -0.2) is 5.48 Å². The molecule has 0 saturated heterocycles. The Kier molecular flexibility index (Phi) is 5.56. The van der Waals surface area contributed by atoms with Crippen molar-refractivity contribution in [3.8, 4) is 0 Å². The average molecular weight is 488 g/mol. The number of hydrogen-bond donors (Lipinski definition) is 4. The summed E-state index contributed by atoms with van der Waals surface area (Å²) in [5.74, 6) is 0.784. The summed E-state index contributed by atoms with van der Waals surface area (Å²) < 4.78 is 0. The molecule has 0 spiro atoms. The number of nitrogens with one attached hydrogen (secondary N) is 1. The first-order chi connectivity index (χ1) is 16.1. The van der Waals surface area contributed by atoms with Gasteiger partial charge in [0.1, 0.15) is 0 Å². The number of allylic oxidation sites excluding steroid dienone is 2. The predicted molar refractivity (Wildman–Crippen MR) is 136 cm³/mol. The lowest BCUT2D eigenvalue weighted by atomic mass is 9.33. The molecule has 5 aliphatic rings. The number of amides is 1. The highest BCUT2D eigenvalue weighted by atomic mass is 16.5. The van der Waals surface area contributed by atoms with E-state index in [2.05, 4.69) is 60.0 Å². The Labute approximate surface area is 212 Å². The van der Waals surface area contributed by atoms with Crippen LogP contribution in [0, 0.1) is 50.2 Å². The molecule has 0 heterocycles. The predicted octanol–water partition coefficient (Wildman–Crippen LogP) is 5.63. The maximum absolute atomic E-state index is 13.2. The van der Waals surface area contributed by atoms with Gasteiger partial charge in [-0.2, -0.15) is 0 Å². The summed E-state index contributed by atoms with van der Waals surface area (Å²) in [6.07, 6.45) is 9.58. The Morgan fingerprint density at radius 3 is 2.23 bits per heavy atom. The van der Waals surface area contributed by atoms with E-state index < -0.39 is 17.6 Å². The van der Waals surface area contributed by atoms with Gasteiger partial charge in [-0.3, -0.25) is 10.0 Å². The number of hydrogen-bond acceptors (Lipinski definition) is 4. The van der Waals surface area contributed by atoms with E-state index in [0.29, 0.717) is 18.3 Å². The summed E-state index contributed by atoms with van der Waals surface area (Å²) in [4.78, 5) is 13.2. The second-order valence-electron chi connectivity index (χ2n) is 15.4. The lowest BCUT2D eigenvalue weighted by Crippen LogP contribution is -2.67. The Morgan fingerprint density at radius 1 is 0.914 bits per heavy atom. The molecule has 0 aliphatic heterocycles. The lowest BCUT2D eigenvalue weighted by Gasteiger charge is -2.71. The Morgan fingerprint density at radius 2 is 1.57 bits per heavy atom. The molecule has 5 heteroatoms. The smallest absolute Gasteiger partial charge is 0.250 e. The quantitative estimate of drug-likeness (QED) is 0.219. The first-order valence-corrected chi connectivity index (χ1v) is 14.1. The first kappa shape index (κ1) is 25.7. The van der Waals surface area contributed by atoms with Gasteiger partial charge in [0, 0.05) is 0 Å². The number of hydroxylamine groups is 1. The molecule has 0 unspecified atom stereocenters. The van der Waals surface area contributed by atoms with E-state index >= 15 is 0 Å². The minimum Gasteiger partial charge on any atom is -0.390 e. The molecule has 4 fully saturated rings. The molecule has 4 saturated carbocycles. The number of carbonyl (C=O) groups is 1. The highest BCUT2D eigenvalue weighted by molar-refractivity contribution is 5.83. The summed E-state index contributed by atoms with van der Waals surface area (Å²) >= 11 is 0. The van der Waals surface area contributed by atoms with Crippen LogP contribution in [0.15, 0.2) is 11.6 Å². The average Bonchev–Trinajstić information content (AvgIpc) is 2.77. The standard InChI is InChI=1S/C30H49NO4/c1-25(2)12-14-30(24(34)31-35)15-13-28(6)18(19(30)16-25)8-9-22-27(5)17-20(32)23(33)26(3,4)21(27)10-11-29(22,28)7/h8,19-23,32-33,35H,9-17H2,1-7H3,(H,31,34)/t19-,20+,21-,22+,23-,27-,28+,29+,30-/m0/s1. The van der Waals surface area contributed by atoms with Gasteiger partial charge in [0.25, 0.3) is 0 Å². The molecule has 0 aromatic rings. The fourth-order valence-electron chi connectivity index (χ4n) is 10.9. The van der Waals surface area contributed by atoms with Crippen LogP contribution in [0.5, 0.6) is 0 Å². The zero-order valence-corrected chi connectivity index (χ0v) is 23.1. The molecule has 0 bridgehead atoms. The molecular weight excluding hydrogens is 438 g/mol. The molecule has 35 heavy (non-hydrogen) atoms. The van der Waals surface area contributed by atoms with Gasteiger partial charge in [-0.05, 0) is 103 Å². The number of carbonyl (C=O) groups excluding carboxylic acids is 1. The Balaban J connectivity index is 1.61. The van der Waals surface area contributed by atoms with Gasteiger partial charge in [0.2, 0.25) is 5.91 Å². The van der Waals surface area contributed by atoms with Crippen molar-refractivity contribution in [2.75, 3.05) is 0 Å². The van der Waals surface area contributed by atoms with Crippen molar-refractivity contribution in [2.45, 2.75) is 118 Å². The molecule has 5 aliphatic carbocycles. The second kappa shape index (κ2) is 7.57. The van der Waals surface area contributed by atoms with Crippen molar-refractivity contribution >= 4 is 5.91 Å². The van der Waals surface area contributed by atoms with Gasteiger partial charge < -0.3 is 10.2 Å². The molecule has 4 N–H and O–H groups in total. The van der Waals surface area contributed by atoms with Crippen molar-refractivity contribution in [1.82, 2.24) is 5.48 Å². The summed E-state index contributed by atoms with van der Waals surface area (Å²) in [6.45, 7) is 16.3. The van der Waals surface area contributed by atoms with Crippen LogP contribution in [0.1, 0.15) is 106 Å². The van der Waals surface area contributed by atoms with Crippen LogP contribution in [0.4, 0.5) is 0 Å². The normalized spacial score (nSPS) is 52.2. The Bertz CT molecular complexity index is 941. The van der Waals surface area contributed by atoms with E-state index in [0.717, 1.165) is 51.4 Å². The monoisotopic (exact) mass is 487 g/mol.